The minimum atomic E-state index is 0.0969. The van der Waals surface area contributed by atoms with Gasteiger partial charge in [-0.3, -0.25) is 14.5 Å². The lowest BCUT2D eigenvalue weighted by Crippen LogP contribution is -2.51. The van der Waals surface area contributed by atoms with Gasteiger partial charge in [0.15, 0.2) is 5.78 Å². The van der Waals surface area contributed by atoms with Gasteiger partial charge >= 0.3 is 0 Å². The second kappa shape index (κ2) is 8.67. The van der Waals surface area contributed by atoms with Gasteiger partial charge in [0, 0.05) is 43.5 Å². The molecule has 5 heteroatoms. The molecule has 0 aromatic heterocycles. The highest BCUT2D eigenvalue weighted by atomic mass is 16.2. The molecular formula is C21H31N3O2. The molecule has 1 aromatic carbocycles. The zero-order valence-electron chi connectivity index (χ0n) is 16.0. The molecule has 1 saturated carbocycles. The second-order valence-electron chi connectivity index (χ2n) is 7.80. The normalized spacial score (nSPS) is 24.3. The van der Waals surface area contributed by atoms with E-state index in [0.717, 1.165) is 43.9 Å². The largest absolute Gasteiger partial charge is 0.369 e. The van der Waals surface area contributed by atoms with Crippen molar-refractivity contribution >= 4 is 17.4 Å². The Balaban J connectivity index is 1.44. The monoisotopic (exact) mass is 357 g/mol. The summed E-state index contributed by atoms with van der Waals surface area (Å²) >= 11 is 0. The summed E-state index contributed by atoms with van der Waals surface area (Å²) in [7, 11) is 0. The van der Waals surface area contributed by atoms with E-state index in [9.17, 15) is 9.59 Å². The quantitative estimate of drug-likeness (QED) is 0.823. The topological polar surface area (TPSA) is 52.7 Å². The average molecular weight is 357 g/mol. The third kappa shape index (κ3) is 4.85. The van der Waals surface area contributed by atoms with Crippen molar-refractivity contribution in [3.8, 4) is 0 Å². The van der Waals surface area contributed by atoms with Crippen molar-refractivity contribution in [1.29, 1.82) is 0 Å². The number of nitrogens with zero attached hydrogens (tertiary/aromatic N) is 2. The summed E-state index contributed by atoms with van der Waals surface area (Å²) in [6.07, 6.45) is 4.88. The van der Waals surface area contributed by atoms with Crippen LogP contribution in [0.3, 0.4) is 0 Å². The van der Waals surface area contributed by atoms with Crippen LogP contribution in [0.1, 0.15) is 49.9 Å². The molecule has 0 spiro atoms. The predicted molar refractivity (Wildman–Crippen MR) is 105 cm³/mol. The van der Waals surface area contributed by atoms with Gasteiger partial charge in [0.2, 0.25) is 5.91 Å². The van der Waals surface area contributed by atoms with E-state index in [0.29, 0.717) is 18.5 Å². The predicted octanol–water partition coefficient (Wildman–Crippen LogP) is 2.71. The molecule has 5 nitrogen and oxygen atoms in total. The second-order valence-corrected chi connectivity index (χ2v) is 7.80. The molecule has 1 aliphatic carbocycles. The Morgan fingerprint density at radius 1 is 1.04 bits per heavy atom. The van der Waals surface area contributed by atoms with Crippen molar-refractivity contribution in [2.75, 3.05) is 37.6 Å². The molecule has 1 aromatic rings. The summed E-state index contributed by atoms with van der Waals surface area (Å²) in [5.41, 5.74) is 1.90. The summed E-state index contributed by atoms with van der Waals surface area (Å²) in [6.45, 7) is 7.94. The van der Waals surface area contributed by atoms with Crippen LogP contribution in [0.2, 0.25) is 0 Å². The molecule has 0 radical (unpaired) electrons. The molecule has 2 aliphatic rings. The maximum atomic E-state index is 12.4. The maximum absolute atomic E-state index is 12.4. The molecule has 1 amide bonds. The number of benzene rings is 1. The van der Waals surface area contributed by atoms with Crippen LogP contribution in [0.25, 0.3) is 0 Å². The number of hydrogen-bond donors (Lipinski definition) is 1. The Morgan fingerprint density at radius 2 is 1.69 bits per heavy atom. The number of carbonyl (C=O) groups excluding carboxylic acids is 2. The van der Waals surface area contributed by atoms with Crippen LogP contribution >= 0.6 is 0 Å². The number of anilines is 1. The minimum Gasteiger partial charge on any atom is -0.369 e. The van der Waals surface area contributed by atoms with Crippen molar-refractivity contribution in [2.24, 2.45) is 5.92 Å². The van der Waals surface area contributed by atoms with Crippen LogP contribution in [0, 0.1) is 5.92 Å². The van der Waals surface area contributed by atoms with Crippen LogP contribution in [0.4, 0.5) is 5.69 Å². The Bertz CT molecular complexity index is 621. The number of nitrogens with one attached hydrogen (secondary N) is 1. The van der Waals surface area contributed by atoms with Crippen molar-refractivity contribution in [1.82, 2.24) is 10.2 Å². The Kier molecular flexibility index (Phi) is 6.30. The number of amides is 1. The summed E-state index contributed by atoms with van der Waals surface area (Å²) < 4.78 is 0. The Morgan fingerprint density at radius 3 is 2.31 bits per heavy atom. The Labute approximate surface area is 156 Å². The first kappa shape index (κ1) is 18.9. The summed E-state index contributed by atoms with van der Waals surface area (Å²) in [4.78, 5) is 28.3. The highest BCUT2D eigenvalue weighted by molar-refractivity contribution is 5.94. The van der Waals surface area contributed by atoms with E-state index in [1.807, 2.05) is 24.3 Å². The number of piperazine rings is 1. The fourth-order valence-corrected chi connectivity index (χ4v) is 4.06. The van der Waals surface area contributed by atoms with Crippen LogP contribution in [-0.4, -0.2) is 55.4 Å². The third-order valence-corrected chi connectivity index (χ3v) is 5.84. The van der Waals surface area contributed by atoms with Crippen molar-refractivity contribution in [3.05, 3.63) is 29.8 Å². The van der Waals surface area contributed by atoms with Crippen LogP contribution in [0.5, 0.6) is 0 Å². The van der Waals surface area contributed by atoms with Crippen molar-refractivity contribution in [3.63, 3.8) is 0 Å². The average Bonchev–Trinajstić information content (AvgIpc) is 2.64. The van der Waals surface area contributed by atoms with E-state index in [2.05, 4.69) is 22.0 Å². The van der Waals surface area contributed by atoms with Crippen molar-refractivity contribution < 1.29 is 9.59 Å². The van der Waals surface area contributed by atoms with Gasteiger partial charge in [-0.25, -0.2) is 0 Å². The Hall–Kier alpha value is -1.88. The molecule has 1 aliphatic heterocycles. The summed E-state index contributed by atoms with van der Waals surface area (Å²) in [6, 6.07) is 8.18. The zero-order valence-corrected chi connectivity index (χ0v) is 16.0. The van der Waals surface area contributed by atoms with E-state index in [1.165, 1.54) is 19.3 Å². The molecule has 2 atom stereocenters. The molecule has 0 bridgehead atoms. The first-order valence-corrected chi connectivity index (χ1v) is 9.90. The van der Waals surface area contributed by atoms with Crippen LogP contribution in [0.15, 0.2) is 24.3 Å². The van der Waals surface area contributed by atoms with E-state index >= 15 is 0 Å². The zero-order chi connectivity index (χ0) is 18.5. The first-order valence-electron chi connectivity index (χ1n) is 9.90. The fourth-order valence-electron chi connectivity index (χ4n) is 4.06. The molecule has 1 saturated heterocycles. The van der Waals surface area contributed by atoms with Gasteiger partial charge in [-0.05, 0) is 49.9 Å². The van der Waals surface area contributed by atoms with Gasteiger partial charge in [0.05, 0.1) is 6.54 Å². The molecule has 1 N–H and O–H groups in total. The van der Waals surface area contributed by atoms with Gasteiger partial charge in [-0.2, -0.15) is 0 Å². The number of ketones is 1. The number of hydrogen-bond acceptors (Lipinski definition) is 4. The number of Topliss-reactive ketones (excluding diaryl/α,β-unsaturated/α-hetero) is 1. The van der Waals surface area contributed by atoms with Crippen LogP contribution in [-0.2, 0) is 4.79 Å². The molecule has 142 valence electrons. The minimum absolute atomic E-state index is 0.0969. The molecule has 3 rings (SSSR count). The summed E-state index contributed by atoms with van der Waals surface area (Å²) in [5, 5.41) is 3.25. The molecular weight excluding hydrogens is 326 g/mol. The standard InChI is InChI=1S/C21H31N3O2/c1-16-5-3-4-6-20(16)22-21(26)15-23-11-13-24(14-12-23)19-9-7-18(8-10-19)17(2)25/h7-10,16,20H,3-6,11-15H2,1-2H3,(H,22,26)/t16-,20+/m0/s1. The van der Waals surface area contributed by atoms with Gasteiger partial charge in [-0.15, -0.1) is 0 Å². The number of carbonyl (C=O) groups is 2. The van der Waals surface area contributed by atoms with Crippen molar-refractivity contribution in [2.45, 2.75) is 45.6 Å². The van der Waals surface area contributed by atoms with E-state index < -0.39 is 0 Å². The van der Waals surface area contributed by atoms with E-state index in [1.54, 1.807) is 6.92 Å². The lowest BCUT2D eigenvalue weighted by Gasteiger charge is -2.36. The highest BCUT2D eigenvalue weighted by Crippen LogP contribution is 2.23. The molecule has 2 fully saturated rings. The lowest BCUT2D eigenvalue weighted by atomic mass is 9.86. The SMILES string of the molecule is CC(=O)c1ccc(N2CCN(CC(=O)N[C@@H]3CCCC[C@@H]3C)CC2)cc1. The van der Waals surface area contributed by atoms with Crippen LogP contribution < -0.4 is 10.2 Å². The third-order valence-electron chi connectivity index (χ3n) is 5.84. The lowest BCUT2D eigenvalue weighted by molar-refractivity contribution is -0.123. The summed E-state index contributed by atoms with van der Waals surface area (Å²) in [5.74, 6) is 0.866. The highest BCUT2D eigenvalue weighted by Gasteiger charge is 2.24. The smallest absolute Gasteiger partial charge is 0.234 e. The molecule has 1 heterocycles. The fraction of sp³-hybridized carbons (Fsp3) is 0.619. The van der Waals surface area contributed by atoms with E-state index in [4.69, 9.17) is 0 Å². The molecule has 0 unspecified atom stereocenters. The number of rotatable bonds is 5. The van der Waals surface area contributed by atoms with Gasteiger partial charge in [0.25, 0.3) is 0 Å². The van der Waals surface area contributed by atoms with Gasteiger partial charge < -0.3 is 10.2 Å². The van der Waals surface area contributed by atoms with Gasteiger partial charge in [-0.1, -0.05) is 19.8 Å². The van der Waals surface area contributed by atoms with E-state index in [-0.39, 0.29) is 11.7 Å². The first-order chi connectivity index (χ1) is 12.5. The molecule has 26 heavy (non-hydrogen) atoms. The van der Waals surface area contributed by atoms with Gasteiger partial charge in [0.1, 0.15) is 0 Å². The maximum Gasteiger partial charge on any atom is 0.234 e.